The molecule has 1 aliphatic rings. The van der Waals surface area contributed by atoms with Crippen molar-refractivity contribution in [1.82, 2.24) is 5.16 Å². The monoisotopic (exact) mass is 431 g/mol. The van der Waals surface area contributed by atoms with Gasteiger partial charge in [0.25, 0.3) is 0 Å². The highest BCUT2D eigenvalue weighted by Crippen LogP contribution is 2.41. The summed E-state index contributed by atoms with van der Waals surface area (Å²) in [6.45, 7) is 9.16. The van der Waals surface area contributed by atoms with Crippen LogP contribution in [0.1, 0.15) is 55.5 Å². The third-order valence-corrected chi connectivity index (χ3v) is 6.40. The molecule has 1 heterocycles. The number of allylic oxidation sites excluding steroid dienone is 1. The summed E-state index contributed by atoms with van der Waals surface area (Å²) in [5, 5.41) is 13.4. The molecular weight excluding hydrogens is 402 g/mol. The predicted molar refractivity (Wildman–Crippen MR) is 125 cm³/mol. The Hall–Kier alpha value is -3.34. The number of aromatic nitrogens is 1. The molecule has 2 aromatic carbocycles. The third kappa shape index (κ3) is 4.62. The summed E-state index contributed by atoms with van der Waals surface area (Å²) in [7, 11) is 0. The van der Waals surface area contributed by atoms with Crippen molar-refractivity contribution in [2.75, 3.05) is 6.61 Å². The summed E-state index contributed by atoms with van der Waals surface area (Å²) >= 11 is 0. The molecule has 0 bridgehead atoms. The number of ether oxygens (including phenoxy) is 1. The molecule has 0 radical (unpaired) electrons. The van der Waals surface area contributed by atoms with Crippen molar-refractivity contribution >= 4 is 5.97 Å². The highest BCUT2D eigenvalue weighted by molar-refractivity contribution is 5.88. The molecule has 1 N–H and O–H groups in total. The molecule has 1 aromatic heterocycles. The zero-order valence-corrected chi connectivity index (χ0v) is 18.6. The number of hydrogen-bond donors (Lipinski definition) is 1. The maximum absolute atomic E-state index is 11.1. The maximum atomic E-state index is 11.1. The molecule has 1 fully saturated rings. The van der Waals surface area contributed by atoms with Gasteiger partial charge in [0.1, 0.15) is 11.4 Å². The molecule has 1 saturated carbocycles. The van der Waals surface area contributed by atoms with E-state index in [9.17, 15) is 4.79 Å². The average molecular weight is 432 g/mol. The number of rotatable bonds is 10. The molecule has 1 unspecified atom stereocenters. The normalized spacial score (nSPS) is 15.2. The van der Waals surface area contributed by atoms with Crippen LogP contribution in [0.4, 0.5) is 0 Å². The molecular formula is C27H29NO4. The Balaban J connectivity index is 1.66. The summed E-state index contributed by atoms with van der Waals surface area (Å²) in [5.74, 6) is 1.25. The molecule has 1 aliphatic carbocycles. The van der Waals surface area contributed by atoms with Gasteiger partial charge in [-0.05, 0) is 67.3 Å². The second-order valence-corrected chi connectivity index (χ2v) is 8.83. The Labute approximate surface area is 188 Å². The first-order chi connectivity index (χ1) is 15.4. The van der Waals surface area contributed by atoms with Gasteiger partial charge in [0.2, 0.25) is 0 Å². The van der Waals surface area contributed by atoms with Gasteiger partial charge in [-0.2, -0.15) is 0 Å². The minimum absolute atomic E-state index is 0.0874. The van der Waals surface area contributed by atoms with Crippen LogP contribution in [0.3, 0.4) is 0 Å². The van der Waals surface area contributed by atoms with Crippen LogP contribution in [0.2, 0.25) is 0 Å². The zero-order chi connectivity index (χ0) is 22.7. The maximum Gasteiger partial charge on any atom is 0.335 e. The van der Waals surface area contributed by atoms with Gasteiger partial charge < -0.3 is 14.4 Å². The van der Waals surface area contributed by atoms with E-state index in [1.165, 1.54) is 12.8 Å². The van der Waals surface area contributed by atoms with Crippen LogP contribution in [-0.2, 0) is 5.41 Å². The number of carboxylic acids is 1. The van der Waals surface area contributed by atoms with Crippen LogP contribution in [0.25, 0.3) is 22.6 Å². The molecule has 0 amide bonds. The van der Waals surface area contributed by atoms with E-state index < -0.39 is 5.97 Å². The van der Waals surface area contributed by atoms with Crippen molar-refractivity contribution in [3.8, 4) is 28.3 Å². The van der Waals surface area contributed by atoms with E-state index >= 15 is 0 Å². The zero-order valence-electron chi connectivity index (χ0n) is 18.6. The Morgan fingerprint density at radius 2 is 1.94 bits per heavy atom. The van der Waals surface area contributed by atoms with Gasteiger partial charge in [0.05, 0.1) is 12.2 Å². The van der Waals surface area contributed by atoms with Crippen LogP contribution >= 0.6 is 0 Å². The first-order valence-corrected chi connectivity index (χ1v) is 11.1. The fourth-order valence-corrected chi connectivity index (χ4v) is 3.87. The van der Waals surface area contributed by atoms with E-state index in [0.29, 0.717) is 11.7 Å². The molecule has 0 spiro atoms. The summed E-state index contributed by atoms with van der Waals surface area (Å²) in [6.07, 6.45) is 6.28. The standard InChI is InChI=1S/C27H29NO4/c1-4-14-27(3,5-2)22-15-21(12-13-24(22)31-17-18-6-7-18)23-16-25(32-28-23)19-8-10-20(11-9-19)26(29)30/h4,8-13,15-16,18H,1,5-7,14,17H2,2-3H3,(H,29,30). The van der Waals surface area contributed by atoms with Crippen molar-refractivity contribution < 1.29 is 19.2 Å². The largest absolute Gasteiger partial charge is 0.493 e. The molecule has 5 heteroatoms. The van der Waals surface area contributed by atoms with Crippen molar-refractivity contribution in [2.24, 2.45) is 5.92 Å². The Morgan fingerprint density at radius 1 is 1.22 bits per heavy atom. The number of aromatic carboxylic acids is 1. The molecule has 3 aromatic rings. The summed E-state index contributed by atoms with van der Waals surface area (Å²) in [5.41, 5.74) is 3.78. The lowest BCUT2D eigenvalue weighted by molar-refractivity contribution is 0.0697. The number of hydrogen-bond acceptors (Lipinski definition) is 4. The van der Waals surface area contributed by atoms with Gasteiger partial charge in [0, 0.05) is 22.8 Å². The second-order valence-electron chi connectivity index (χ2n) is 8.83. The van der Waals surface area contributed by atoms with Crippen LogP contribution in [0.5, 0.6) is 5.75 Å². The summed E-state index contributed by atoms with van der Waals surface area (Å²) < 4.78 is 11.8. The Kier molecular flexibility index (Phi) is 6.17. The second kappa shape index (κ2) is 9.03. The number of benzene rings is 2. The molecule has 32 heavy (non-hydrogen) atoms. The van der Waals surface area contributed by atoms with Gasteiger partial charge >= 0.3 is 5.97 Å². The van der Waals surface area contributed by atoms with Crippen LogP contribution < -0.4 is 4.74 Å². The molecule has 166 valence electrons. The average Bonchev–Trinajstić information content (AvgIpc) is 3.51. The minimum Gasteiger partial charge on any atom is -0.493 e. The van der Waals surface area contributed by atoms with Crippen molar-refractivity contribution in [3.05, 3.63) is 72.3 Å². The molecule has 0 saturated heterocycles. The smallest absolute Gasteiger partial charge is 0.335 e. The number of carbonyl (C=O) groups is 1. The van der Waals surface area contributed by atoms with Gasteiger partial charge in [-0.1, -0.05) is 37.2 Å². The predicted octanol–water partition coefficient (Wildman–Crippen LogP) is 6.74. The van der Waals surface area contributed by atoms with E-state index in [0.717, 1.165) is 47.6 Å². The highest BCUT2D eigenvalue weighted by atomic mass is 16.5. The van der Waals surface area contributed by atoms with Gasteiger partial charge in [-0.25, -0.2) is 4.79 Å². The topological polar surface area (TPSA) is 72.6 Å². The van der Waals surface area contributed by atoms with Crippen molar-refractivity contribution in [2.45, 2.75) is 44.9 Å². The molecule has 0 aliphatic heterocycles. The van der Waals surface area contributed by atoms with Crippen LogP contribution in [-0.4, -0.2) is 22.8 Å². The van der Waals surface area contributed by atoms with Gasteiger partial charge in [-0.3, -0.25) is 0 Å². The van der Waals surface area contributed by atoms with Crippen LogP contribution in [0.15, 0.2) is 65.7 Å². The fraction of sp³-hybridized carbons (Fsp3) is 0.333. The SMILES string of the molecule is C=CCC(C)(CC)c1cc(-c2cc(-c3ccc(C(=O)O)cc3)on2)ccc1OCC1CC1. The van der Waals surface area contributed by atoms with Gasteiger partial charge in [-0.15, -0.1) is 6.58 Å². The van der Waals surface area contributed by atoms with E-state index in [1.807, 2.05) is 24.3 Å². The quantitative estimate of drug-likeness (QED) is 0.360. The number of carboxylic acid groups (broad SMARTS) is 1. The van der Waals surface area contributed by atoms with Crippen molar-refractivity contribution in [3.63, 3.8) is 0 Å². The molecule has 1 atom stereocenters. The Bertz CT molecular complexity index is 1110. The molecule has 5 nitrogen and oxygen atoms in total. The fourth-order valence-electron chi connectivity index (χ4n) is 3.87. The third-order valence-electron chi connectivity index (χ3n) is 6.40. The van der Waals surface area contributed by atoms with E-state index in [1.54, 1.807) is 24.3 Å². The summed E-state index contributed by atoms with van der Waals surface area (Å²) in [6, 6.07) is 14.7. The first kappa shape index (κ1) is 21.9. The van der Waals surface area contributed by atoms with E-state index in [4.69, 9.17) is 14.4 Å². The van der Waals surface area contributed by atoms with Crippen LogP contribution in [0, 0.1) is 5.92 Å². The lowest BCUT2D eigenvalue weighted by Gasteiger charge is -2.30. The summed E-state index contributed by atoms with van der Waals surface area (Å²) in [4.78, 5) is 11.1. The lowest BCUT2D eigenvalue weighted by atomic mass is 9.76. The minimum atomic E-state index is -0.954. The highest BCUT2D eigenvalue weighted by Gasteiger charge is 2.29. The number of nitrogens with zero attached hydrogens (tertiary/aromatic N) is 1. The van der Waals surface area contributed by atoms with Gasteiger partial charge in [0.15, 0.2) is 5.76 Å². The van der Waals surface area contributed by atoms with Crippen molar-refractivity contribution in [1.29, 1.82) is 0 Å². The van der Waals surface area contributed by atoms with E-state index in [-0.39, 0.29) is 11.0 Å². The first-order valence-electron chi connectivity index (χ1n) is 11.1. The van der Waals surface area contributed by atoms with E-state index in [2.05, 4.69) is 31.6 Å². The molecule has 4 rings (SSSR count). The Morgan fingerprint density at radius 3 is 2.56 bits per heavy atom. The lowest BCUT2D eigenvalue weighted by Crippen LogP contribution is -2.21.